The third-order valence-corrected chi connectivity index (χ3v) is 3.39. The first-order valence-electron chi connectivity index (χ1n) is 8.70. The van der Waals surface area contributed by atoms with Gasteiger partial charge in [-0.3, -0.25) is 4.79 Å². The Kier molecular flexibility index (Phi) is 12.8. The summed E-state index contributed by atoms with van der Waals surface area (Å²) in [7, 11) is 3.39. The molecule has 1 aromatic rings. The summed E-state index contributed by atoms with van der Waals surface area (Å²) in [6.45, 7) is 2.23. The highest BCUT2D eigenvalue weighted by Crippen LogP contribution is 2.14. The van der Waals surface area contributed by atoms with Crippen molar-refractivity contribution in [3.63, 3.8) is 0 Å². The Labute approximate surface area is 180 Å². The van der Waals surface area contributed by atoms with Crippen molar-refractivity contribution in [1.29, 1.82) is 0 Å². The zero-order valence-electron chi connectivity index (χ0n) is 16.3. The van der Waals surface area contributed by atoms with Crippen molar-refractivity contribution in [1.82, 2.24) is 15.5 Å². The first-order valence-corrected chi connectivity index (χ1v) is 8.70. The maximum Gasteiger partial charge on any atom is 0.411 e. The third kappa shape index (κ3) is 11.3. The minimum Gasteiger partial charge on any atom is -0.372 e. The zero-order chi connectivity index (χ0) is 20.3. The molecule has 0 saturated heterocycles. The summed E-state index contributed by atoms with van der Waals surface area (Å²) in [4.78, 5) is 17.8. The van der Waals surface area contributed by atoms with Gasteiger partial charge in [-0.1, -0.05) is 12.1 Å². The maximum absolute atomic E-state index is 12.0. The van der Waals surface area contributed by atoms with Gasteiger partial charge in [0, 0.05) is 39.4 Å². The van der Waals surface area contributed by atoms with Gasteiger partial charge in [0.2, 0.25) is 0 Å². The zero-order valence-corrected chi connectivity index (χ0v) is 18.6. The maximum atomic E-state index is 12.0. The molecule has 0 radical (unpaired) electrons. The molecule has 0 saturated carbocycles. The predicted octanol–water partition coefficient (Wildman–Crippen LogP) is 3.03. The molecular weight excluding hydrogens is 488 g/mol. The van der Waals surface area contributed by atoms with Crippen molar-refractivity contribution in [2.24, 2.45) is 4.99 Å². The molecule has 0 unspecified atom stereocenters. The normalized spacial score (nSPS) is 11.6. The highest BCUT2D eigenvalue weighted by molar-refractivity contribution is 14.0. The summed E-state index contributed by atoms with van der Waals surface area (Å²) in [6.07, 6.45) is -3.86. The molecule has 0 aromatic heterocycles. The van der Waals surface area contributed by atoms with Crippen LogP contribution in [0.3, 0.4) is 0 Å². The Morgan fingerprint density at radius 3 is 2.36 bits per heavy atom. The Balaban J connectivity index is 0.00000729. The van der Waals surface area contributed by atoms with Crippen LogP contribution in [0.1, 0.15) is 29.3 Å². The molecule has 0 bridgehead atoms. The van der Waals surface area contributed by atoms with Gasteiger partial charge in [-0.2, -0.15) is 13.2 Å². The summed E-state index contributed by atoms with van der Waals surface area (Å²) >= 11 is 0. The lowest BCUT2D eigenvalue weighted by Gasteiger charge is -2.12. The smallest absolute Gasteiger partial charge is 0.372 e. The highest BCUT2D eigenvalue weighted by Gasteiger charge is 2.27. The van der Waals surface area contributed by atoms with Crippen molar-refractivity contribution in [3.8, 4) is 0 Å². The van der Waals surface area contributed by atoms with Gasteiger partial charge in [0.15, 0.2) is 5.96 Å². The fraction of sp³-hybridized carbons (Fsp3) is 0.556. The van der Waals surface area contributed by atoms with Crippen molar-refractivity contribution >= 4 is 35.8 Å². The minimum absolute atomic E-state index is 0. The molecule has 0 heterocycles. The summed E-state index contributed by atoms with van der Waals surface area (Å²) in [6, 6.07) is 7.20. The van der Waals surface area contributed by atoms with Crippen LogP contribution in [0.25, 0.3) is 0 Å². The number of guanidine groups is 1. The number of benzene rings is 1. The monoisotopic (exact) mass is 516 g/mol. The molecule has 0 aliphatic heterocycles. The van der Waals surface area contributed by atoms with Gasteiger partial charge in [-0.15, -0.1) is 24.0 Å². The van der Waals surface area contributed by atoms with Crippen molar-refractivity contribution in [2.75, 3.05) is 40.4 Å². The number of rotatable bonds is 9. The Morgan fingerprint density at radius 2 is 1.82 bits per heavy atom. The molecule has 0 aliphatic rings. The average Bonchev–Trinajstić information content (AvgIpc) is 2.61. The first kappa shape index (κ1) is 26.4. The molecule has 0 spiro atoms. The van der Waals surface area contributed by atoms with E-state index < -0.39 is 12.8 Å². The van der Waals surface area contributed by atoms with Gasteiger partial charge in [0.25, 0.3) is 5.91 Å². The van der Waals surface area contributed by atoms with E-state index in [9.17, 15) is 18.0 Å². The number of hydrogen-bond donors (Lipinski definition) is 2. The second-order valence-electron chi connectivity index (χ2n) is 6.04. The molecule has 1 rings (SSSR count). The molecule has 0 atom stereocenters. The van der Waals surface area contributed by atoms with Gasteiger partial charge in [0.1, 0.15) is 6.61 Å². The first-order chi connectivity index (χ1) is 12.7. The van der Waals surface area contributed by atoms with Gasteiger partial charge in [-0.05, 0) is 31.0 Å². The van der Waals surface area contributed by atoms with Crippen LogP contribution < -0.4 is 10.6 Å². The molecule has 28 heavy (non-hydrogen) atoms. The van der Waals surface area contributed by atoms with E-state index in [1.54, 1.807) is 26.2 Å². The topological polar surface area (TPSA) is 66.0 Å². The molecule has 0 aliphatic carbocycles. The number of nitrogens with one attached hydrogen (secondary N) is 2. The summed E-state index contributed by atoms with van der Waals surface area (Å²) in [5.74, 6) is 0.509. The molecule has 2 N–H and O–H groups in total. The number of alkyl halides is 3. The van der Waals surface area contributed by atoms with E-state index >= 15 is 0 Å². The second-order valence-corrected chi connectivity index (χ2v) is 6.04. The summed E-state index contributed by atoms with van der Waals surface area (Å²) < 4.78 is 40.5. The fourth-order valence-corrected chi connectivity index (χ4v) is 2.09. The molecule has 0 fully saturated rings. The third-order valence-electron chi connectivity index (χ3n) is 3.39. The SMILES string of the molecule is CCNC(=NCc1ccc(C(=O)N(C)C)cc1)NCCCOCC(F)(F)F.I. The Hall–Kier alpha value is -1.56. The van der Waals surface area contributed by atoms with Crippen molar-refractivity contribution in [2.45, 2.75) is 26.1 Å². The molecular formula is C18H28F3IN4O2. The van der Waals surface area contributed by atoms with Crippen LogP contribution in [0.15, 0.2) is 29.3 Å². The van der Waals surface area contributed by atoms with Crippen LogP contribution in [-0.2, 0) is 11.3 Å². The number of ether oxygens (including phenoxy) is 1. The lowest BCUT2D eigenvalue weighted by molar-refractivity contribution is -0.173. The predicted molar refractivity (Wildman–Crippen MR) is 114 cm³/mol. The van der Waals surface area contributed by atoms with E-state index in [1.807, 2.05) is 19.1 Å². The second kappa shape index (κ2) is 13.6. The summed E-state index contributed by atoms with van der Waals surface area (Å²) in [5.41, 5.74) is 1.55. The van der Waals surface area contributed by atoms with Crippen LogP contribution in [0.2, 0.25) is 0 Å². The number of hydrogen-bond acceptors (Lipinski definition) is 3. The lowest BCUT2D eigenvalue weighted by atomic mass is 10.1. The van der Waals surface area contributed by atoms with Gasteiger partial charge in [-0.25, -0.2) is 4.99 Å². The van der Waals surface area contributed by atoms with E-state index in [0.29, 0.717) is 37.6 Å². The van der Waals surface area contributed by atoms with E-state index in [4.69, 9.17) is 0 Å². The van der Waals surface area contributed by atoms with Gasteiger partial charge < -0.3 is 20.3 Å². The highest BCUT2D eigenvalue weighted by atomic mass is 127. The van der Waals surface area contributed by atoms with Crippen molar-refractivity contribution in [3.05, 3.63) is 35.4 Å². The number of halogens is 4. The van der Waals surface area contributed by atoms with Crippen LogP contribution in [0, 0.1) is 0 Å². The Bertz CT molecular complexity index is 608. The molecule has 6 nitrogen and oxygen atoms in total. The average molecular weight is 516 g/mol. The van der Waals surface area contributed by atoms with Gasteiger partial charge >= 0.3 is 6.18 Å². The lowest BCUT2D eigenvalue weighted by Crippen LogP contribution is -2.38. The number of carbonyl (C=O) groups excluding carboxylic acids is 1. The van der Waals surface area contributed by atoms with E-state index in [0.717, 1.165) is 5.56 Å². The van der Waals surface area contributed by atoms with Crippen LogP contribution in [0.4, 0.5) is 13.2 Å². The number of aliphatic imine (C=N–C) groups is 1. The number of carbonyl (C=O) groups is 1. The fourth-order valence-electron chi connectivity index (χ4n) is 2.09. The standard InChI is InChI=1S/C18H27F3N4O2.HI/c1-4-22-17(23-10-5-11-27-13-18(19,20)21)24-12-14-6-8-15(9-7-14)16(26)25(2)3;/h6-9H,4-5,10-13H2,1-3H3,(H2,22,23,24);1H. The Morgan fingerprint density at radius 1 is 1.18 bits per heavy atom. The quantitative estimate of drug-likeness (QED) is 0.229. The van der Waals surface area contributed by atoms with Crippen LogP contribution >= 0.6 is 24.0 Å². The molecule has 1 amide bonds. The van der Waals surface area contributed by atoms with Crippen LogP contribution in [-0.4, -0.2) is 63.3 Å². The minimum atomic E-state index is -4.30. The van der Waals surface area contributed by atoms with Crippen molar-refractivity contribution < 1.29 is 22.7 Å². The van der Waals surface area contributed by atoms with Crippen LogP contribution in [0.5, 0.6) is 0 Å². The number of nitrogens with zero attached hydrogens (tertiary/aromatic N) is 2. The molecule has 10 heteroatoms. The molecule has 1 aromatic carbocycles. The number of amides is 1. The largest absolute Gasteiger partial charge is 0.411 e. The van der Waals surface area contributed by atoms with E-state index in [-0.39, 0.29) is 36.5 Å². The summed E-state index contributed by atoms with van der Waals surface area (Å²) in [5, 5.41) is 6.12. The van der Waals surface area contributed by atoms with Gasteiger partial charge in [0.05, 0.1) is 6.54 Å². The molecule has 160 valence electrons. The van der Waals surface area contributed by atoms with E-state index in [2.05, 4.69) is 20.4 Å². The van der Waals surface area contributed by atoms with E-state index in [1.165, 1.54) is 4.90 Å².